The molecule has 0 saturated heterocycles. The molecule has 1 atom stereocenters. The van der Waals surface area contributed by atoms with Gasteiger partial charge in [-0.25, -0.2) is 9.18 Å². The van der Waals surface area contributed by atoms with Crippen molar-refractivity contribution in [1.82, 2.24) is 0 Å². The van der Waals surface area contributed by atoms with Crippen molar-refractivity contribution in [2.24, 2.45) is 0 Å². The van der Waals surface area contributed by atoms with Crippen molar-refractivity contribution in [1.29, 1.82) is 0 Å². The first-order chi connectivity index (χ1) is 8.58. The number of carbonyl (C=O) groups is 1. The van der Waals surface area contributed by atoms with Crippen LogP contribution in [0.15, 0.2) is 18.2 Å². The van der Waals surface area contributed by atoms with Crippen LogP contribution in [0.5, 0.6) is 5.75 Å². The van der Waals surface area contributed by atoms with Crippen molar-refractivity contribution >= 4 is 5.97 Å². The molecule has 100 valence electrons. The van der Waals surface area contributed by atoms with Crippen LogP contribution >= 0.6 is 0 Å². The quantitative estimate of drug-likeness (QED) is 0.731. The average Bonchev–Trinajstić information content (AvgIpc) is 2.36. The van der Waals surface area contributed by atoms with Crippen LogP contribution in [0.3, 0.4) is 0 Å². The molecule has 0 aliphatic heterocycles. The van der Waals surface area contributed by atoms with E-state index in [1.165, 1.54) is 25.3 Å². The summed E-state index contributed by atoms with van der Waals surface area (Å²) in [6, 6.07) is 4.23. The van der Waals surface area contributed by atoms with Gasteiger partial charge in [-0.05, 0) is 43.5 Å². The highest BCUT2D eigenvalue weighted by molar-refractivity contribution is 5.75. The summed E-state index contributed by atoms with van der Waals surface area (Å²) in [4.78, 5) is 11.6. The molecule has 0 radical (unpaired) electrons. The maximum absolute atomic E-state index is 13.0. The van der Waals surface area contributed by atoms with Gasteiger partial charge in [0.25, 0.3) is 0 Å². The predicted octanol–water partition coefficient (Wildman–Crippen LogP) is 3.24. The largest absolute Gasteiger partial charge is 0.478 e. The van der Waals surface area contributed by atoms with Crippen LogP contribution in [0.2, 0.25) is 0 Å². The smallest absolute Gasteiger partial charge is 0.347 e. The molecule has 4 heteroatoms. The second-order valence-corrected chi connectivity index (χ2v) is 4.18. The van der Waals surface area contributed by atoms with Crippen molar-refractivity contribution in [2.45, 2.75) is 39.2 Å². The number of unbranched alkanes of at least 4 members (excludes halogenated alkanes) is 1. The Labute approximate surface area is 107 Å². The van der Waals surface area contributed by atoms with E-state index in [0.29, 0.717) is 17.7 Å². The third kappa shape index (κ3) is 4.02. The first-order valence-electron chi connectivity index (χ1n) is 6.09. The monoisotopic (exact) mass is 254 g/mol. The number of rotatable bonds is 6. The summed E-state index contributed by atoms with van der Waals surface area (Å²) in [5, 5.41) is 0. The first-order valence-corrected chi connectivity index (χ1v) is 6.09. The van der Waals surface area contributed by atoms with E-state index in [1.54, 1.807) is 6.92 Å². The zero-order valence-electron chi connectivity index (χ0n) is 11.0. The van der Waals surface area contributed by atoms with E-state index < -0.39 is 12.1 Å². The van der Waals surface area contributed by atoms with Crippen LogP contribution < -0.4 is 4.74 Å². The van der Waals surface area contributed by atoms with Crippen LogP contribution in [-0.2, 0) is 9.53 Å². The summed E-state index contributed by atoms with van der Waals surface area (Å²) in [6.07, 6.45) is 1.82. The molecule has 0 spiro atoms. The number of hydrogen-bond acceptors (Lipinski definition) is 3. The summed E-state index contributed by atoms with van der Waals surface area (Å²) in [6.45, 7) is 3.78. The molecule has 1 aromatic carbocycles. The number of carbonyl (C=O) groups excluding carboxylic acids is 1. The molecule has 0 aliphatic carbocycles. The number of benzene rings is 1. The van der Waals surface area contributed by atoms with Gasteiger partial charge in [0, 0.05) is 0 Å². The minimum absolute atomic E-state index is 0.317. The molecular formula is C14H19FO3. The lowest BCUT2D eigenvalue weighted by molar-refractivity contribution is -0.149. The highest BCUT2D eigenvalue weighted by atomic mass is 19.1. The Balaban J connectivity index is 2.78. The maximum Gasteiger partial charge on any atom is 0.347 e. The highest BCUT2D eigenvalue weighted by Crippen LogP contribution is 2.21. The van der Waals surface area contributed by atoms with E-state index >= 15 is 0 Å². The van der Waals surface area contributed by atoms with E-state index in [1.807, 2.05) is 6.92 Å². The topological polar surface area (TPSA) is 35.5 Å². The fourth-order valence-corrected chi connectivity index (χ4v) is 1.64. The minimum atomic E-state index is -0.626. The second-order valence-electron chi connectivity index (χ2n) is 4.18. The van der Waals surface area contributed by atoms with E-state index in [9.17, 15) is 9.18 Å². The Bertz CT molecular complexity index is 404. The number of ether oxygens (including phenoxy) is 2. The molecule has 0 aliphatic rings. The first kappa shape index (κ1) is 14.5. The summed E-state index contributed by atoms with van der Waals surface area (Å²) in [5.41, 5.74) is 0.667. The third-order valence-corrected chi connectivity index (χ3v) is 2.69. The molecule has 18 heavy (non-hydrogen) atoms. The zero-order valence-corrected chi connectivity index (χ0v) is 11.0. The number of aryl methyl sites for hydroxylation is 1. The minimum Gasteiger partial charge on any atom is -0.478 e. The van der Waals surface area contributed by atoms with Crippen LogP contribution in [0.1, 0.15) is 31.7 Å². The van der Waals surface area contributed by atoms with Gasteiger partial charge in [0.15, 0.2) is 6.10 Å². The van der Waals surface area contributed by atoms with Gasteiger partial charge in [-0.3, -0.25) is 0 Å². The zero-order chi connectivity index (χ0) is 13.5. The van der Waals surface area contributed by atoms with E-state index in [-0.39, 0.29) is 5.82 Å². The third-order valence-electron chi connectivity index (χ3n) is 2.69. The molecule has 0 N–H and O–H groups in total. The maximum atomic E-state index is 13.0. The molecule has 0 fully saturated rings. The normalized spacial score (nSPS) is 12.0. The van der Waals surface area contributed by atoms with Crippen molar-refractivity contribution in [3.8, 4) is 5.75 Å². The molecule has 0 saturated carbocycles. The lowest BCUT2D eigenvalue weighted by Crippen LogP contribution is -2.28. The van der Waals surface area contributed by atoms with Crippen molar-refractivity contribution in [2.75, 3.05) is 7.11 Å². The Morgan fingerprint density at radius 3 is 2.72 bits per heavy atom. The molecule has 1 unspecified atom stereocenters. The molecule has 0 heterocycles. The van der Waals surface area contributed by atoms with Gasteiger partial charge in [0.05, 0.1) is 7.11 Å². The average molecular weight is 254 g/mol. The van der Waals surface area contributed by atoms with Crippen LogP contribution in [0.25, 0.3) is 0 Å². The summed E-state index contributed by atoms with van der Waals surface area (Å²) in [7, 11) is 1.34. The van der Waals surface area contributed by atoms with Gasteiger partial charge >= 0.3 is 5.97 Å². The Hall–Kier alpha value is -1.58. The lowest BCUT2D eigenvalue weighted by atomic mass is 10.1. The molecule has 0 amide bonds. The van der Waals surface area contributed by atoms with Crippen LogP contribution in [0, 0.1) is 12.7 Å². The highest BCUT2D eigenvalue weighted by Gasteiger charge is 2.21. The Morgan fingerprint density at radius 1 is 1.44 bits per heavy atom. The number of methoxy groups -OCH3 is 1. The van der Waals surface area contributed by atoms with Crippen LogP contribution in [0.4, 0.5) is 4.39 Å². The predicted molar refractivity (Wildman–Crippen MR) is 67.1 cm³/mol. The number of esters is 1. The van der Waals surface area contributed by atoms with Gasteiger partial charge in [-0.15, -0.1) is 0 Å². The number of halogens is 1. The molecule has 1 aromatic rings. The summed E-state index contributed by atoms with van der Waals surface area (Å²) < 4.78 is 23.3. The fourth-order valence-electron chi connectivity index (χ4n) is 1.64. The van der Waals surface area contributed by atoms with E-state index in [2.05, 4.69) is 0 Å². The van der Waals surface area contributed by atoms with Gasteiger partial charge in [0.2, 0.25) is 0 Å². The van der Waals surface area contributed by atoms with E-state index in [0.717, 1.165) is 12.8 Å². The molecule has 1 rings (SSSR count). The SMILES string of the molecule is CCCCC(Oc1ccc(F)cc1C)C(=O)OC. The van der Waals surface area contributed by atoms with Gasteiger partial charge in [0.1, 0.15) is 11.6 Å². The Kier molecular flexibility index (Phi) is 5.62. The Morgan fingerprint density at radius 2 is 2.17 bits per heavy atom. The summed E-state index contributed by atoms with van der Waals surface area (Å²) >= 11 is 0. The van der Waals surface area contributed by atoms with E-state index in [4.69, 9.17) is 9.47 Å². The standard InChI is InChI=1S/C14H19FO3/c1-4-5-6-13(14(16)17-3)18-12-8-7-11(15)9-10(12)2/h7-9,13H,4-6H2,1-3H3. The molecule has 0 bridgehead atoms. The molecule has 0 aromatic heterocycles. The molecule has 3 nitrogen and oxygen atoms in total. The van der Waals surface area contributed by atoms with Crippen molar-refractivity contribution in [3.05, 3.63) is 29.6 Å². The summed E-state index contributed by atoms with van der Waals surface area (Å²) in [5.74, 6) is -0.196. The lowest BCUT2D eigenvalue weighted by Gasteiger charge is -2.18. The van der Waals surface area contributed by atoms with Gasteiger partial charge in [-0.1, -0.05) is 13.3 Å². The van der Waals surface area contributed by atoms with Crippen molar-refractivity contribution < 1.29 is 18.7 Å². The second kappa shape index (κ2) is 6.99. The fraction of sp³-hybridized carbons (Fsp3) is 0.500. The van der Waals surface area contributed by atoms with Crippen molar-refractivity contribution in [3.63, 3.8) is 0 Å². The number of hydrogen-bond donors (Lipinski definition) is 0. The van der Waals surface area contributed by atoms with Crippen LogP contribution in [-0.4, -0.2) is 19.2 Å². The van der Waals surface area contributed by atoms with Gasteiger partial charge in [-0.2, -0.15) is 0 Å². The molecular weight excluding hydrogens is 235 g/mol. The van der Waals surface area contributed by atoms with Gasteiger partial charge < -0.3 is 9.47 Å².